The largest absolute Gasteiger partial charge is 0.309 e. The summed E-state index contributed by atoms with van der Waals surface area (Å²) in [6, 6.07) is 11.8. The van der Waals surface area contributed by atoms with Gasteiger partial charge in [0.25, 0.3) is 0 Å². The summed E-state index contributed by atoms with van der Waals surface area (Å²) in [7, 11) is 0. The lowest BCUT2D eigenvalue weighted by molar-refractivity contribution is 0.198. The van der Waals surface area contributed by atoms with Gasteiger partial charge in [-0.1, -0.05) is 30.3 Å². The van der Waals surface area contributed by atoms with Crippen LogP contribution in [0.1, 0.15) is 29.8 Å². The van der Waals surface area contributed by atoms with Crippen molar-refractivity contribution in [2.24, 2.45) is 0 Å². The van der Waals surface area contributed by atoms with Crippen LogP contribution in [0.5, 0.6) is 0 Å². The van der Waals surface area contributed by atoms with Crippen molar-refractivity contribution >= 4 is 11.3 Å². The van der Waals surface area contributed by atoms with Crippen molar-refractivity contribution in [1.82, 2.24) is 15.2 Å². The van der Waals surface area contributed by atoms with Gasteiger partial charge in [-0.05, 0) is 25.5 Å². The molecule has 20 heavy (non-hydrogen) atoms. The summed E-state index contributed by atoms with van der Waals surface area (Å²) >= 11 is 1.75. The van der Waals surface area contributed by atoms with Gasteiger partial charge in [0.2, 0.25) is 0 Å². The highest BCUT2D eigenvalue weighted by molar-refractivity contribution is 7.09. The fraction of sp³-hybridized carbons (Fsp3) is 0.438. The van der Waals surface area contributed by atoms with E-state index >= 15 is 0 Å². The van der Waals surface area contributed by atoms with E-state index in [-0.39, 0.29) is 0 Å². The van der Waals surface area contributed by atoms with E-state index in [2.05, 4.69) is 52.5 Å². The van der Waals surface area contributed by atoms with E-state index in [1.54, 1.807) is 11.3 Å². The number of benzene rings is 1. The van der Waals surface area contributed by atoms with Gasteiger partial charge < -0.3 is 5.32 Å². The summed E-state index contributed by atoms with van der Waals surface area (Å²) in [5.74, 6) is 0. The first kappa shape index (κ1) is 13.7. The fourth-order valence-corrected chi connectivity index (χ4v) is 3.40. The summed E-state index contributed by atoms with van der Waals surface area (Å²) in [5.41, 5.74) is 3.31. The Labute approximate surface area is 124 Å². The van der Waals surface area contributed by atoms with Gasteiger partial charge in [-0.2, -0.15) is 0 Å². The number of nitrogens with zero attached hydrogens (tertiary/aromatic N) is 2. The number of aromatic nitrogens is 1. The summed E-state index contributed by atoms with van der Waals surface area (Å²) < 4.78 is 0. The second kappa shape index (κ2) is 6.48. The molecule has 1 N–H and O–H groups in total. The Kier molecular flexibility index (Phi) is 4.45. The third kappa shape index (κ3) is 3.26. The number of nitrogens with one attached hydrogen (secondary N) is 1. The SMILES string of the molecule is CC1CCNC(c2ccccc2)CN1Cc1cncs1. The van der Waals surface area contributed by atoms with Crippen LogP contribution in [0.4, 0.5) is 0 Å². The molecule has 0 amide bonds. The Morgan fingerprint density at radius 1 is 1.35 bits per heavy atom. The molecule has 1 aromatic carbocycles. The molecule has 1 aliphatic heterocycles. The lowest BCUT2D eigenvalue weighted by atomic mass is 10.1. The zero-order valence-electron chi connectivity index (χ0n) is 11.8. The maximum atomic E-state index is 4.19. The highest BCUT2D eigenvalue weighted by Gasteiger charge is 2.24. The average Bonchev–Trinajstić information content (AvgIpc) is 2.92. The lowest BCUT2D eigenvalue weighted by Crippen LogP contribution is -2.35. The van der Waals surface area contributed by atoms with Crippen molar-refractivity contribution in [1.29, 1.82) is 0 Å². The zero-order valence-corrected chi connectivity index (χ0v) is 12.6. The van der Waals surface area contributed by atoms with Crippen LogP contribution in [0, 0.1) is 0 Å². The normalized spacial score (nSPS) is 24.4. The van der Waals surface area contributed by atoms with E-state index in [0.717, 1.165) is 19.6 Å². The Morgan fingerprint density at radius 2 is 2.20 bits per heavy atom. The molecule has 2 atom stereocenters. The first-order valence-corrected chi connectivity index (χ1v) is 8.10. The lowest BCUT2D eigenvalue weighted by Gasteiger charge is -2.28. The molecule has 0 saturated carbocycles. The Balaban J connectivity index is 1.74. The molecular weight excluding hydrogens is 266 g/mol. The van der Waals surface area contributed by atoms with Gasteiger partial charge >= 0.3 is 0 Å². The molecule has 0 radical (unpaired) electrons. The van der Waals surface area contributed by atoms with Gasteiger partial charge in [-0.3, -0.25) is 9.88 Å². The zero-order chi connectivity index (χ0) is 13.8. The second-order valence-corrected chi connectivity index (χ2v) is 6.42. The van der Waals surface area contributed by atoms with Crippen molar-refractivity contribution in [3.05, 3.63) is 52.5 Å². The average molecular weight is 287 g/mol. The highest BCUT2D eigenvalue weighted by atomic mass is 32.1. The van der Waals surface area contributed by atoms with Gasteiger partial charge in [-0.25, -0.2) is 0 Å². The molecule has 1 aliphatic rings. The number of hydrogen-bond donors (Lipinski definition) is 1. The summed E-state index contributed by atoms with van der Waals surface area (Å²) in [6.07, 6.45) is 3.19. The van der Waals surface area contributed by atoms with Crippen molar-refractivity contribution in [2.75, 3.05) is 13.1 Å². The molecule has 1 fully saturated rings. The van der Waals surface area contributed by atoms with Gasteiger partial charge in [-0.15, -0.1) is 11.3 Å². The van der Waals surface area contributed by atoms with Gasteiger partial charge in [0, 0.05) is 36.2 Å². The van der Waals surface area contributed by atoms with Crippen molar-refractivity contribution in [3.63, 3.8) is 0 Å². The minimum absolute atomic E-state index is 0.425. The molecule has 0 spiro atoms. The van der Waals surface area contributed by atoms with Crippen molar-refractivity contribution in [3.8, 4) is 0 Å². The van der Waals surface area contributed by atoms with Crippen molar-refractivity contribution < 1.29 is 0 Å². The standard InChI is InChI=1S/C16H21N3S/c1-13-7-8-18-16(14-5-3-2-4-6-14)11-19(13)10-15-9-17-12-20-15/h2-6,9,12-13,16,18H,7-8,10-11H2,1H3. The summed E-state index contributed by atoms with van der Waals surface area (Å²) in [5, 5.41) is 3.68. The summed E-state index contributed by atoms with van der Waals surface area (Å²) in [6.45, 7) is 5.48. The van der Waals surface area contributed by atoms with Gasteiger partial charge in [0.15, 0.2) is 0 Å². The fourth-order valence-electron chi connectivity index (χ4n) is 2.78. The molecule has 2 unspecified atom stereocenters. The first-order valence-electron chi connectivity index (χ1n) is 7.22. The Morgan fingerprint density at radius 3 is 2.95 bits per heavy atom. The topological polar surface area (TPSA) is 28.2 Å². The third-order valence-corrected chi connectivity index (χ3v) is 4.80. The minimum Gasteiger partial charge on any atom is -0.309 e. The smallest absolute Gasteiger partial charge is 0.0794 e. The predicted octanol–water partition coefficient (Wildman–Crippen LogP) is 3.07. The van der Waals surface area contributed by atoms with E-state index in [0.29, 0.717) is 12.1 Å². The van der Waals surface area contributed by atoms with Gasteiger partial charge in [0.05, 0.1) is 5.51 Å². The maximum Gasteiger partial charge on any atom is 0.0794 e. The van der Waals surface area contributed by atoms with Gasteiger partial charge in [0.1, 0.15) is 0 Å². The van der Waals surface area contributed by atoms with E-state index < -0.39 is 0 Å². The molecular formula is C16H21N3S. The molecule has 1 saturated heterocycles. The van der Waals surface area contributed by atoms with Crippen LogP contribution in [0.15, 0.2) is 42.0 Å². The second-order valence-electron chi connectivity index (χ2n) is 5.45. The maximum absolute atomic E-state index is 4.19. The molecule has 1 aromatic heterocycles. The molecule has 2 aromatic rings. The number of rotatable bonds is 3. The Bertz CT molecular complexity index is 512. The van der Waals surface area contributed by atoms with Crippen LogP contribution in [-0.2, 0) is 6.54 Å². The minimum atomic E-state index is 0.425. The highest BCUT2D eigenvalue weighted by Crippen LogP contribution is 2.22. The van der Waals surface area contributed by atoms with Crippen LogP contribution < -0.4 is 5.32 Å². The van der Waals surface area contributed by atoms with E-state index in [9.17, 15) is 0 Å². The first-order chi connectivity index (χ1) is 9.83. The molecule has 106 valence electrons. The number of thiazole rings is 1. The van der Waals surface area contributed by atoms with Crippen LogP contribution in [0.3, 0.4) is 0 Å². The van der Waals surface area contributed by atoms with E-state index in [1.165, 1.54) is 16.9 Å². The van der Waals surface area contributed by atoms with E-state index in [1.807, 2.05) is 11.7 Å². The monoisotopic (exact) mass is 287 g/mol. The molecule has 4 heteroatoms. The Hall–Kier alpha value is -1.23. The molecule has 3 nitrogen and oxygen atoms in total. The summed E-state index contributed by atoms with van der Waals surface area (Å²) in [4.78, 5) is 8.12. The predicted molar refractivity (Wildman–Crippen MR) is 83.8 cm³/mol. The van der Waals surface area contributed by atoms with Crippen LogP contribution in [0.2, 0.25) is 0 Å². The van der Waals surface area contributed by atoms with E-state index in [4.69, 9.17) is 0 Å². The quantitative estimate of drug-likeness (QED) is 0.940. The van der Waals surface area contributed by atoms with Crippen LogP contribution >= 0.6 is 11.3 Å². The number of hydrogen-bond acceptors (Lipinski definition) is 4. The van der Waals surface area contributed by atoms with Crippen LogP contribution in [-0.4, -0.2) is 29.0 Å². The molecule has 2 heterocycles. The molecule has 0 bridgehead atoms. The third-order valence-electron chi connectivity index (χ3n) is 4.04. The van der Waals surface area contributed by atoms with Crippen molar-refractivity contribution in [2.45, 2.75) is 32.0 Å². The molecule has 0 aliphatic carbocycles. The molecule has 3 rings (SSSR count). The van der Waals surface area contributed by atoms with Crippen LogP contribution in [0.25, 0.3) is 0 Å².